The van der Waals surface area contributed by atoms with E-state index in [4.69, 9.17) is 10.8 Å². The zero-order valence-corrected chi connectivity index (χ0v) is 11.4. The molecule has 2 heterocycles. The number of rotatable bonds is 3. The predicted octanol–water partition coefficient (Wildman–Crippen LogP) is 2.03. The zero-order valence-electron chi connectivity index (χ0n) is 9.77. The third-order valence-corrected chi connectivity index (χ3v) is 3.85. The van der Waals surface area contributed by atoms with Crippen molar-refractivity contribution in [2.24, 2.45) is 5.92 Å². The number of halogens is 1. The van der Waals surface area contributed by atoms with Crippen LogP contribution >= 0.6 is 15.9 Å². The quantitative estimate of drug-likeness (QED) is 0.896. The molecule has 0 aliphatic carbocycles. The van der Waals surface area contributed by atoms with Crippen LogP contribution in [0.1, 0.15) is 19.3 Å². The van der Waals surface area contributed by atoms with Crippen molar-refractivity contribution in [2.75, 3.05) is 30.3 Å². The van der Waals surface area contributed by atoms with E-state index < -0.39 is 0 Å². The second-order valence-corrected chi connectivity index (χ2v) is 5.38. The van der Waals surface area contributed by atoms with Crippen molar-refractivity contribution in [3.8, 4) is 0 Å². The molecule has 1 aromatic rings. The molecule has 2 rings (SSSR count). The summed E-state index contributed by atoms with van der Waals surface area (Å²) in [5.41, 5.74) is 7.74. The first kappa shape index (κ1) is 12.6. The largest absolute Gasteiger partial charge is 0.396 e. The lowest BCUT2D eigenvalue weighted by Gasteiger charge is -2.35. The number of aliphatic hydroxyl groups is 1. The number of hydrogen-bond donors (Lipinski definition) is 2. The lowest BCUT2D eigenvalue weighted by molar-refractivity contribution is 0.244. The van der Waals surface area contributed by atoms with Gasteiger partial charge in [0, 0.05) is 25.9 Å². The molecule has 1 aliphatic rings. The standard InChI is InChI=1S/C12H18BrN3O/c13-10-6-15-7-11(14)12(10)16-4-1-2-9(8-16)3-5-17/h6-7,9,17H,1-5,8,14H2. The summed E-state index contributed by atoms with van der Waals surface area (Å²) < 4.78 is 0.946. The average molecular weight is 300 g/mol. The Morgan fingerprint density at radius 3 is 3.06 bits per heavy atom. The molecule has 1 aromatic heterocycles. The van der Waals surface area contributed by atoms with Gasteiger partial charge in [-0.3, -0.25) is 4.98 Å². The Labute approximate surface area is 110 Å². The molecule has 0 saturated carbocycles. The Morgan fingerprint density at radius 1 is 1.53 bits per heavy atom. The van der Waals surface area contributed by atoms with E-state index in [0.29, 0.717) is 11.6 Å². The minimum absolute atomic E-state index is 0.269. The van der Waals surface area contributed by atoms with E-state index in [0.717, 1.165) is 36.1 Å². The van der Waals surface area contributed by atoms with Crippen molar-refractivity contribution >= 4 is 27.3 Å². The number of aromatic nitrogens is 1. The summed E-state index contributed by atoms with van der Waals surface area (Å²) in [5.74, 6) is 0.563. The van der Waals surface area contributed by atoms with E-state index in [1.165, 1.54) is 6.42 Å². The van der Waals surface area contributed by atoms with E-state index in [2.05, 4.69) is 25.8 Å². The molecule has 1 fully saturated rings. The number of aliphatic hydroxyl groups excluding tert-OH is 1. The highest BCUT2D eigenvalue weighted by molar-refractivity contribution is 9.10. The highest BCUT2D eigenvalue weighted by Gasteiger charge is 2.22. The van der Waals surface area contributed by atoms with Crippen LogP contribution < -0.4 is 10.6 Å². The number of anilines is 2. The van der Waals surface area contributed by atoms with Gasteiger partial charge in [0.1, 0.15) is 0 Å². The molecule has 94 valence electrons. The second kappa shape index (κ2) is 5.69. The first-order chi connectivity index (χ1) is 8.22. The minimum Gasteiger partial charge on any atom is -0.396 e. The highest BCUT2D eigenvalue weighted by Crippen LogP contribution is 2.34. The molecule has 1 aliphatic heterocycles. The smallest absolute Gasteiger partial charge is 0.0776 e. The number of pyridine rings is 1. The molecule has 1 atom stereocenters. The van der Waals surface area contributed by atoms with Crippen LogP contribution in [0.3, 0.4) is 0 Å². The van der Waals surface area contributed by atoms with Crippen LogP contribution in [-0.2, 0) is 0 Å². The number of nitrogens with zero attached hydrogens (tertiary/aromatic N) is 2. The monoisotopic (exact) mass is 299 g/mol. The SMILES string of the molecule is Nc1cncc(Br)c1N1CCCC(CCO)C1. The second-order valence-electron chi connectivity index (χ2n) is 4.53. The average Bonchev–Trinajstić information content (AvgIpc) is 2.30. The maximum absolute atomic E-state index is 9.02. The first-order valence-corrected chi connectivity index (χ1v) is 6.76. The highest BCUT2D eigenvalue weighted by atomic mass is 79.9. The van der Waals surface area contributed by atoms with Gasteiger partial charge in [0.25, 0.3) is 0 Å². The van der Waals surface area contributed by atoms with Gasteiger partial charge in [-0.2, -0.15) is 0 Å². The summed E-state index contributed by atoms with van der Waals surface area (Å²) in [4.78, 5) is 6.35. The van der Waals surface area contributed by atoms with Gasteiger partial charge in [0.05, 0.1) is 22.0 Å². The Kier molecular flexibility index (Phi) is 4.23. The van der Waals surface area contributed by atoms with Gasteiger partial charge >= 0.3 is 0 Å². The van der Waals surface area contributed by atoms with E-state index in [1.807, 2.05) is 0 Å². The molecular weight excluding hydrogens is 282 g/mol. The van der Waals surface area contributed by atoms with Crippen molar-refractivity contribution < 1.29 is 5.11 Å². The molecular formula is C12H18BrN3O. The third-order valence-electron chi connectivity index (χ3n) is 3.27. The van der Waals surface area contributed by atoms with Crippen molar-refractivity contribution in [1.29, 1.82) is 0 Å². The van der Waals surface area contributed by atoms with Crippen LogP contribution in [0, 0.1) is 5.92 Å². The van der Waals surface area contributed by atoms with Gasteiger partial charge in [-0.05, 0) is 41.1 Å². The Morgan fingerprint density at radius 2 is 2.35 bits per heavy atom. The maximum atomic E-state index is 9.02. The zero-order chi connectivity index (χ0) is 12.3. The fourth-order valence-corrected chi connectivity index (χ4v) is 3.06. The van der Waals surface area contributed by atoms with E-state index in [1.54, 1.807) is 12.4 Å². The maximum Gasteiger partial charge on any atom is 0.0776 e. The molecule has 1 saturated heterocycles. The van der Waals surface area contributed by atoms with Gasteiger partial charge < -0.3 is 15.7 Å². The molecule has 0 aromatic carbocycles. The van der Waals surface area contributed by atoms with Gasteiger partial charge in [-0.25, -0.2) is 0 Å². The van der Waals surface area contributed by atoms with Gasteiger partial charge in [-0.15, -0.1) is 0 Å². The predicted molar refractivity (Wildman–Crippen MR) is 73.0 cm³/mol. The molecule has 0 amide bonds. The third kappa shape index (κ3) is 2.90. The summed E-state index contributed by atoms with van der Waals surface area (Å²) in [6, 6.07) is 0. The number of hydrogen-bond acceptors (Lipinski definition) is 4. The molecule has 3 N–H and O–H groups in total. The van der Waals surface area contributed by atoms with Crippen LogP contribution in [0.25, 0.3) is 0 Å². The van der Waals surface area contributed by atoms with Crippen LogP contribution in [0.5, 0.6) is 0 Å². The normalized spacial score (nSPS) is 20.6. The van der Waals surface area contributed by atoms with Crippen molar-refractivity contribution in [3.63, 3.8) is 0 Å². The minimum atomic E-state index is 0.269. The molecule has 5 heteroatoms. The topological polar surface area (TPSA) is 62.4 Å². The van der Waals surface area contributed by atoms with E-state index in [-0.39, 0.29) is 6.61 Å². The summed E-state index contributed by atoms with van der Waals surface area (Å²) in [6.45, 7) is 2.26. The lowest BCUT2D eigenvalue weighted by Crippen LogP contribution is -2.36. The molecule has 17 heavy (non-hydrogen) atoms. The number of piperidine rings is 1. The number of nitrogens with two attached hydrogens (primary N) is 1. The fraction of sp³-hybridized carbons (Fsp3) is 0.583. The Hall–Kier alpha value is -0.810. The summed E-state index contributed by atoms with van der Waals surface area (Å²) in [6.07, 6.45) is 6.69. The molecule has 1 unspecified atom stereocenters. The molecule has 0 spiro atoms. The van der Waals surface area contributed by atoms with Crippen molar-refractivity contribution in [1.82, 2.24) is 4.98 Å². The van der Waals surface area contributed by atoms with Crippen LogP contribution in [0.15, 0.2) is 16.9 Å². The first-order valence-electron chi connectivity index (χ1n) is 5.97. The lowest BCUT2D eigenvalue weighted by atomic mass is 9.95. The Balaban J connectivity index is 2.16. The van der Waals surface area contributed by atoms with Crippen LogP contribution in [0.2, 0.25) is 0 Å². The van der Waals surface area contributed by atoms with Crippen molar-refractivity contribution in [2.45, 2.75) is 19.3 Å². The molecule has 0 bridgehead atoms. The van der Waals surface area contributed by atoms with Gasteiger partial charge in [0.2, 0.25) is 0 Å². The summed E-state index contributed by atoms with van der Waals surface area (Å²) >= 11 is 3.51. The van der Waals surface area contributed by atoms with E-state index in [9.17, 15) is 0 Å². The van der Waals surface area contributed by atoms with Crippen molar-refractivity contribution in [3.05, 3.63) is 16.9 Å². The Bertz CT molecular complexity index is 364. The fourth-order valence-electron chi connectivity index (χ4n) is 2.46. The number of nitrogen functional groups attached to an aromatic ring is 1. The van der Waals surface area contributed by atoms with Gasteiger partial charge in [0.15, 0.2) is 0 Å². The van der Waals surface area contributed by atoms with Crippen LogP contribution in [-0.4, -0.2) is 29.8 Å². The van der Waals surface area contributed by atoms with Gasteiger partial charge in [-0.1, -0.05) is 0 Å². The van der Waals surface area contributed by atoms with E-state index >= 15 is 0 Å². The summed E-state index contributed by atoms with van der Waals surface area (Å²) in [5, 5.41) is 9.02. The molecule has 0 radical (unpaired) electrons. The summed E-state index contributed by atoms with van der Waals surface area (Å²) in [7, 11) is 0. The molecule has 4 nitrogen and oxygen atoms in total. The van der Waals surface area contributed by atoms with Crippen LogP contribution in [0.4, 0.5) is 11.4 Å².